The van der Waals surface area contributed by atoms with E-state index in [2.05, 4.69) is 6.07 Å². The van der Waals surface area contributed by atoms with Crippen molar-refractivity contribution in [1.29, 1.82) is 5.26 Å². The standard InChI is InChI=1S/C13H13NO2/c1-2-10(9-14)11-4-5-12-13(8-11)16-7-3-6-15-12/h2,4-5,8H,3,6-7H2,1H3/b10-2+. The van der Waals surface area contributed by atoms with Gasteiger partial charge in [0.15, 0.2) is 11.5 Å². The maximum Gasteiger partial charge on any atom is 0.161 e. The lowest BCUT2D eigenvalue weighted by molar-refractivity contribution is 0.297. The van der Waals surface area contributed by atoms with Crippen LogP contribution in [0.2, 0.25) is 0 Å². The maximum atomic E-state index is 8.95. The maximum absolute atomic E-state index is 8.95. The van der Waals surface area contributed by atoms with Crippen molar-refractivity contribution >= 4 is 5.57 Å². The van der Waals surface area contributed by atoms with Gasteiger partial charge in [0, 0.05) is 6.42 Å². The van der Waals surface area contributed by atoms with Crippen molar-refractivity contribution in [3.63, 3.8) is 0 Å². The molecule has 1 aliphatic rings. The second kappa shape index (κ2) is 4.71. The van der Waals surface area contributed by atoms with Gasteiger partial charge in [-0.2, -0.15) is 5.26 Å². The summed E-state index contributed by atoms with van der Waals surface area (Å²) in [5.74, 6) is 1.49. The van der Waals surface area contributed by atoms with Crippen LogP contribution in [0.5, 0.6) is 11.5 Å². The first kappa shape index (κ1) is 10.6. The number of hydrogen-bond donors (Lipinski definition) is 0. The van der Waals surface area contributed by atoms with Crippen molar-refractivity contribution < 1.29 is 9.47 Å². The fourth-order valence-corrected chi connectivity index (χ4v) is 1.63. The van der Waals surface area contributed by atoms with E-state index in [0.29, 0.717) is 18.8 Å². The summed E-state index contributed by atoms with van der Waals surface area (Å²) in [4.78, 5) is 0. The minimum Gasteiger partial charge on any atom is -0.490 e. The number of ether oxygens (including phenoxy) is 2. The smallest absolute Gasteiger partial charge is 0.161 e. The topological polar surface area (TPSA) is 42.2 Å². The Bertz CT molecular complexity index is 457. The molecule has 0 atom stereocenters. The normalized spacial score (nSPS) is 15.1. The molecule has 16 heavy (non-hydrogen) atoms. The molecule has 1 aliphatic heterocycles. The van der Waals surface area contributed by atoms with E-state index in [1.54, 1.807) is 6.08 Å². The van der Waals surface area contributed by atoms with Crippen molar-refractivity contribution in [2.75, 3.05) is 13.2 Å². The van der Waals surface area contributed by atoms with Gasteiger partial charge in [0.25, 0.3) is 0 Å². The third-order valence-corrected chi connectivity index (χ3v) is 2.47. The first-order chi connectivity index (χ1) is 7.85. The molecular weight excluding hydrogens is 202 g/mol. The van der Waals surface area contributed by atoms with Gasteiger partial charge in [0.05, 0.1) is 24.9 Å². The lowest BCUT2D eigenvalue weighted by atomic mass is 10.1. The van der Waals surface area contributed by atoms with E-state index < -0.39 is 0 Å². The Morgan fingerprint density at radius 2 is 2.06 bits per heavy atom. The van der Waals surface area contributed by atoms with Crippen LogP contribution in [-0.4, -0.2) is 13.2 Å². The van der Waals surface area contributed by atoms with Crippen molar-refractivity contribution in [2.45, 2.75) is 13.3 Å². The van der Waals surface area contributed by atoms with Crippen LogP contribution in [0.25, 0.3) is 5.57 Å². The highest BCUT2D eigenvalue weighted by Gasteiger charge is 2.11. The van der Waals surface area contributed by atoms with E-state index in [0.717, 1.165) is 23.5 Å². The number of hydrogen-bond acceptors (Lipinski definition) is 3. The van der Waals surface area contributed by atoms with Crippen molar-refractivity contribution in [1.82, 2.24) is 0 Å². The minimum absolute atomic E-state index is 0.649. The lowest BCUT2D eigenvalue weighted by Gasteiger charge is -2.08. The Balaban J connectivity index is 2.39. The molecule has 0 bridgehead atoms. The summed E-state index contributed by atoms with van der Waals surface area (Å²) in [6, 6.07) is 7.75. The number of nitriles is 1. The highest BCUT2D eigenvalue weighted by atomic mass is 16.5. The molecular formula is C13H13NO2. The van der Waals surface area contributed by atoms with Gasteiger partial charge >= 0.3 is 0 Å². The van der Waals surface area contributed by atoms with Gasteiger partial charge in [-0.1, -0.05) is 6.08 Å². The van der Waals surface area contributed by atoms with Crippen LogP contribution in [0.3, 0.4) is 0 Å². The molecule has 0 N–H and O–H groups in total. The van der Waals surface area contributed by atoms with E-state index in [1.807, 2.05) is 25.1 Å². The van der Waals surface area contributed by atoms with Crippen LogP contribution in [0, 0.1) is 11.3 Å². The number of rotatable bonds is 1. The van der Waals surface area contributed by atoms with Gasteiger partial charge in [-0.25, -0.2) is 0 Å². The van der Waals surface area contributed by atoms with Crippen LogP contribution in [0.1, 0.15) is 18.9 Å². The molecule has 0 fully saturated rings. The molecule has 0 amide bonds. The predicted molar refractivity (Wildman–Crippen MR) is 61.3 cm³/mol. The SMILES string of the molecule is C/C=C(\C#N)c1ccc2c(c1)OCCCO2. The van der Waals surface area contributed by atoms with Gasteiger partial charge in [0.2, 0.25) is 0 Å². The average molecular weight is 215 g/mol. The van der Waals surface area contributed by atoms with E-state index in [1.165, 1.54) is 0 Å². The summed E-state index contributed by atoms with van der Waals surface area (Å²) in [6.07, 6.45) is 2.68. The Labute approximate surface area is 94.9 Å². The summed E-state index contributed by atoms with van der Waals surface area (Å²) < 4.78 is 11.1. The predicted octanol–water partition coefficient (Wildman–Crippen LogP) is 2.77. The molecule has 1 heterocycles. The van der Waals surface area contributed by atoms with Crippen LogP contribution in [0.4, 0.5) is 0 Å². The first-order valence-electron chi connectivity index (χ1n) is 5.31. The molecule has 1 aromatic carbocycles. The summed E-state index contributed by atoms with van der Waals surface area (Å²) in [7, 11) is 0. The summed E-state index contributed by atoms with van der Waals surface area (Å²) in [6.45, 7) is 3.19. The Kier molecular flexibility index (Phi) is 3.11. The van der Waals surface area contributed by atoms with Crippen LogP contribution >= 0.6 is 0 Å². The average Bonchev–Trinajstić information content (AvgIpc) is 2.55. The summed E-state index contributed by atoms with van der Waals surface area (Å²) in [5, 5.41) is 8.95. The second-order valence-electron chi connectivity index (χ2n) is 3.53. The van der Waals surface area contributed by atoms with E-state index in [9.17, 15) is 0 Å². The lowest BCUT2D eigenvalue weighted by Crippen LogP contribution is -1.97. The van der Waals surface area contributed by atoms with Crippen molar-refractivity contribution in [3.8, 4) is 17.6 Å². The van der Waals surface area contributed by atoms with E-state index in [4.69, 9.17) is 14.7 Å². The van der Waals surface area contributed by atoms with Crippen molar-refractivity contribution in [3.05, 3.63) is 29.8 Å². The van der Waals surface area contributed by atoms with Crippen LogP contribution in [0.15, 0.2) is 24.3 Å². The molecule has 0 saturated heterocycles. The summed E-state index contributed by atoms with van der Waals surface area (Å²) in [5.41, 5.74) is 1.52. The number of fused-ring (bicyclic) bond motifs is 1. The molecule has 0 radical (unpaired) electrons. The highest BCUT2D eigenvalue weighted by Crippen LogP contribution is 2.32. The van der Waals surface area contributed by atoms with Gasteiger partial charge < -0.3 is 9.47 Å². The Morgan fingerprint density at radius 1 is 1.31 bits per heavy atom. The molecule has 82 valence electrons. The van der Waals surface area contributed by atoms with Crippen LogP contribution in [-0.2, 0) is 0 Å². The molecule has 2 rings (SSSR count). The van der Waals surface area contributed by atoms with E-state index in [-0.39, 0.29) is 0 Å². The molecule has 0 aromatic heterocycles. The number of benzene rings is 1. The van der Waals surface area contributed by atoms with Gasteiger partial charge in [-0.15, -0.1) is 0 Å². The molecule has 0 unspecified atom stereocenters. The van der Waals surface area contributed by atoms with Crippen molar-refractivity contribution in [2.24, 2.45) is 0 Å². The highest BCUT2D eigenvalue weighted by molar-refractivity contribution is 5.77. The molecule has 0 aliphatic carbocycles. The van der Waals surface area contributed by atoms with Gasteiger partial charge in [0.1, 0.15) is 0 Å². The fraction of sp³-hybridized carbons (Fsp3) is 0.308. The summed E-state index contributed by atoms with van der Waals surface area (Å²) >= 11 is 0. The first-order valence-corrected chi connectivity index (χ1v) is 5.31. The third-order valence-electron chi connectivity index (χ3n) is 2.47. The van der Waals surface area contributed by atoms with Crippen LogP contribution < -0.4 is 9.47 Å². The zero-order valence-electron chi connectivity index (χ0n) is 9.19. The second-order valence-corrected chi connectivity index (χ2v) is 3.53. The molecule has 1 aromatic rings. The molecule has 0 saturated carbocycles. The zero-order valence-corrected chi connectivity index (χ0v) is 9.19. The Morgan fingerprint density at radius 3 is 2.75 bits per heavy atom. The quantitative estimate of drug-likeness (QED) is 0.676. The molecule has 3 heteroatoms. The zero-order chi connectivity index (χ0) is 11.4. The fourth-order valence-electron chi connectivity index (χ4n) is 1.63. The van der Waals surface area contributed by atoms with Gasteiger partial charge in [-0.05, 0) is 30.7 Å². The largest absolute Gasteiger partial charge is 0.490 e. The number of allylic oxidation sites excluding steroid dienone is 2. The van der Waals surface area contributed by atoms with Gasteiger partial charge in [-0.3, -0.25) is 0 Å². The van der Waals surface area contributed by atoms with E-state index >= 15 is 0 Å². The third kappa shape index (κ3) is 2.01. The minimum atomic E-state index is 0.649. The monoisotopic (exact) mass is 215 g/mol. The Hall–Kier alpha value is -1.95. The number of nitrogens with zero attached hydrogens (tertiary/aromatic N) is 1. The molecule has 0 spiro atoms. The molecule has 3 nitrogen and oxygen atoms in total.